The highest BCUT2D eigenvalue weighted by atomic mass is 16.4. The molecule has 3 heteroatoms. The Morgan fingerprint density at radius 2 is 1.75 bits per heavy atom. The summed E-state index contributed by atoms with van der Waals surface area (Å²) >= 11 is 0. The van der Waals surface area contributed by atoms with Crippen molar-refractivity contribution in [3.05, 3.63) is 35.4 Å². The average Bonchev–Trinajstić information content (AvgIpc) is 2.37. The molecule has 3 nitrogen and oxygen atoms in total. The Labute approximate surface area is 122 Å². The number of rotatable bonds is 6. The molecular formula is C17H27NO2. The molecule has 0 saturated heterocycles. The van der Waals surface area contributed by atoms with Gasteiger partial charge in [-0.2, -0.15) is 0 Å². The maximum Gasteiger partial charge on any atom is 0.310 e. The second-order valence-electron chi connectivity index (χ2n) is 6.70. The number of nitrogens with one attached hydrogen (secondary N) is 1. The zero-order chi connectivity index (χ0) is 15.3. The van der Waals surface area contributed by atoms with E-state index in [1.54, 1.807) is 6.92 Å². The fourth-order valence-corrected chi connectivity index (χ4v) is 1.81. The van der Waals surface area contributed by atoms with Crippen LogP contribution in [0.3, 0.4) is 0 Å². The van der Waals surface area contributed by atoms with Gasteiger partial charge in [-0.25, -0.2) is 0 Å². The summed E-state index contributed by atoms with van der Waals surface area (Å²) in [6.07, 6.45) is 0. The van der Waals surface area contributed by atoms with Gasteiger partial charge in [0.2, 0.25) is 0 Å². The van der Waals surface area contributed by atoms with E-state index in [2.05, 4.69) is 33.0 Å². The second-order valence-corrected chi connectivity index (χ2v) is 6.70. The first kappa shape index (κ1) is 16.7. The fraction of sp³-hybridized carbons (Fsp3) is 0.588. The molecule has 0 aliphatic carbocycles. The van der Waals surface area contributed by atoms with E-state index in [1.807, 2.05) is 24.3 Å². The van der Waals surface area contributed by atoms with Crippen molar-refractivity contribution in [1.29, 1.82) is 0 Å². The standard InChI is InChI=1S/C17H27NO2/c1-12(17(3,4)5)10-18-11-14-6-8-15(9-7-14)13(2)16(19)20/h6-9,12-13,18H,10-11H2,1-5H3,(H,19,20). The summed E-state index contributed by atoms with van der Waals surface area (Å²) in [5, 5.41) is 12.4. The van der Waals surface area contributed by atoms with Crippen molar-refractivity contribution in [2.75, 3.05) is 6.54 Å². The van der Waals surface area contributed by atoms with Crippen LogP contribution in [0.15, 0.2) is 24.3 Å². The van der Waals surface area contributed by atoms with Gasteiger partial charge in [-0.15, -0.1) is 0 Å². The number of carboxylic acid groups (broad SMARTS) is 1. The number of carbonyl (C=O) groups is 1. The number of hydrogen-bond acceptors (Lipinski definition) is 2. The molecule has 0 saturated carbocycles. The van der Waals surface area contributed by atoms with Gasteiger partial charge in [-0.1, -0.05) is 52.0 Å². The predicted molar refractivity (Wildman–Crippen MR) is 82.8 cm³/mol. The third-order valence-electron chi connectivity index (χ3n) is 4.11. The van der Waals surface area contributed by atoms with Crippen LogP contribution >= 0.6 is 0 Å². The molecule has 112 valence electrons. The summed E-state index contributed by atoms with van der Waals surface area (Å²) in [7, 11) is 0. The Kier molecular flexibility index (Phi) is 5.75. The first-order valence-corrected chi connectivity index (χ1v) is 7.24. The Morgan fingerprint density at radius 3 is 2.20 bits per heavy atom. The van der Waals surface area contributed by atoms with Gasteiger partial charge in [0.05, 0.1) is 5.92 Å². The summed E-state index contributed by atoms with van der Waals surface area (Å²) in [4.78, 5) is 10.9. The second kappa shape index (κ2) is 6.89. The summed E-state index contributed by atoms with van der Waals surface area (Å²) in [6, 6.07) is 7.82. The van der Waals surface area contributed by atoms with Gasteiger partial charge in [0.15, 0.2) is 0 Å². The molecule has 0 aliphatic heterocycles. The van der Waals surface area contributed by atoms with Crippen molar-refractivity contribution in [3.63, 3.8) is 0 Å². The van der Waals surface area contributed by atoms with Gasteiger partial charge in [0.1, 0.15) is 0 Å². The van der Waals surface area contributed by atoms with E-state index in [4.69, 9.17) is 5.11 Å². The quantitative estimate of drug-likeness (QED) is 0.834. The molecule has 2 atom stereocenters. The third-order valence-corrected chi connectivity index (χ3v) is 4.11. The molecule has 1 aromatic rings. The highest BCUT2D eigenvalue weighted by molar-refractivity contribution is 5.75. The molecule has 1 aromatic carbocycles. The maximum atomic E-state index is 10.9. The molecule has 0 bridgehead atoms. The molecule has 0 radical (unpaired) electrons. The van der Waals surface area contributed by atoms with Crippen molar-refractivity contribution < 1.29 is 9.90 Å². The summed E-state index contributed by atoms with van der Waals surface area (Å²) in [6.45, 7) is 12.5. The molecule has 0 amide bonds. The minimum atomic E-state index is -0.783. The Hall–Kier alpha value is -1.35. The van der Waals surface area contributed by atoms with Crippen LogP contribution in [0.4, 0.5) is 0 Å². The smallest absolute Gasteiger partial charge is 0.310 e. The van der Waals surface area contributed by atoms with Crippen LogP contribution < -0.4 is 5.32 Å². The first-order valence-electron chi connectivity index (χ1n) is 7.24. The average molecular weight is 277 g/mol. The molecule has 0 heterocycles. The molecule has 0 aromatic heterocycles. The van der Waals surface area contributed by atoms with E-state index in [0.29, 0.717) is 11.3 Å². The van der Waals surface area contributed by atoms with E-state index in [1.165, 1.54) is 5.56 Å². The molecule has 0 spiro atoms. The number of aliphatic carboxylic acids is 1. The monoisotopic (exact) mass is 277 g/mol. The summed E-state index contributed by atoms with van der Waals surface area (Å²) in [5.41, 5.74) is 2.35. The van der Waals surface area contributed by atoms with Gasteiger partial charge in [-0.3, -0.25) is 4.79 Å². The normalized spacial score (nSPS) is 14.8. The van der Waals surface area contributed by atoms with Gasteiger partial charge >= 0.3 is 5.97 Å². The van der Waals surface area contributed by atoms with Crippen LogP contribution in [0.25, 0.3) is 0 Å². The van der Waals surface area contributed by atoms with E-state index in [0.717, 1.165) is 18.7 Å². The lowest BCUT2D eigenvalue weighted by atomic mass is 9.82. The number of benzene rings is 1. The number of hydrogen-bond donors (Lipinski definition) is 2. The summed E-state index contributed by atoms with van der Waals surface area (Å²) in [5.74, 6) is -0.624. The van der Waals surface area contributed by atoms with Gasteiger partial charge in [0, 0.05) is 6.54 Å². The van der Waals surface area contributed by atoms with E-state index in [-0.39, 0.29) is 0 Å². The van der Waals surface area contributed by atoms with Crippen LogP contribution in [-0.4, -0.2) is 17.6 Å². The van der Waals surface area contributed by atoms with E-state index in [9.17, 15) is 4.79 Å². The number of carboxylic acids is 1. The van der Waals surface area contributed by atoms with Crippen molar-refractivity contribution in [3.8, 4) is 0 Å². The molecule has 2 unspecified atom stereocenters. The fourth-order valence-electron chi connectivity index (χ4n) is 1.81. The van der Waals surface area contributed by atoms with Crippen LogP contribution in [0.5, 0.6) is 0 Å². The van der Waals surface area contributed by atoms with Crippen LogP contribution in [0, 0.1) is 11.3 Å². The van der Waals surface area contributed by atoms with Crippen LogP contribution in [0.1, 0.15) is 51.7 Å². The molecule has 20 heavy (non-hydrogen) atoms. The minimum absolute atomic E-state index is 0.313. The van der Waals surface area contributed by atoms with Gasteiger partial charge in [0.25, 0.3) is 0 Å². The molecular weight excluding hydrogens is 250 g/mol. The van der Waals surface area contributed by atoms with Crippen molar-refractivity contribution >= 4 is 5.97 Å². The van der Waals surface area contributed by atoms with Crippen molar-refractivity contribution in [1.82, 2.24) is 5.32 Å². The highest BCUT2D eigenvalue weighted by Gasteiger charge is 2.19. The maximum absolute atomic E-state index is 10.9. The molecule has 0 aliphatic rings. The van der Waals surface area contributed by atoms with Gasteiger partial charge < -0.3 is 10.4 Å². The lowest BCUT2D eigenvalue weighted by molar-refractivity contribution is -0.138. The third kappa shape index (κ3) is 4.97. The molecule has 0 fully saturated rings. The van der Waals surface area contributed by atoms with Gasteiger partial charge in [-0.05, 0) is 35.9 Å². The molecule has 2 N–H and O–H groups in total. The summed E-state index contributed by atoms with van der Waals surface area (Å²) < 4.78 is 0. The van der Waals surface area contributed by atoms with Crippen molar-refractivity contribution in [2.24, 2.45) is 11.3 Å². The van der Waals surface area contributed by atoms with E-state index >= 15 is 0 Å². The Balaban J connectivity index is 2.49. The highest BCUT2D eigenvalue weighted by Crippen LogP contribution is 2.24. The minimum Gasteiger partial charge on any atom is -0.481 e. The zero-order valence-electron chi connectivity index (χ0n) is 13.2. The van der Waals surface area contributed by atoms with E-state index < -0.39 is 11.9 Å². The Bertz CT molecular complexity index is 431. The predicted octanol–water partition coefficient (Wildman–Crippen LogP) is 3.65. The largest absolute Gasteiger partial charge is 0.481 e. The molecule has 1 rings (SSSR count). The first-order chi connectivity index (χ1) is 9.21. The lowest BCUT2D eigenvalue weighted by Gasteiger charge is -2.27. The van der Waals surface area contributed by atoms with Crippen molar-refractivity contribution in [2.45, 2.75) is 47.1 Å². The van der Waals surface area contributed by atoms with Crippen LogP contribution in [-0.2, 0) is 11.3 Å². The Morgan fingerprint density at radius 1 is 1.20 bits per heavy atom. The lowest BCUT2D eigenvalue weighted by Crippen LogP contribution is -2.29. The zero-order valence-corrected chi connectivity index (χ0v) is 13.2. The van der Waals surface area contributed by atoms with Crippen LogP contribution in [0.2, 0.25) is 0 Å². The SMILES string of the molecule is CC(C(=O)O)c1ccc(CNCC(C)C(C)(C)C)cc1. The topological polar surface area (TPSA) is 49.3 Å².